The van der Waals surface area contributed by atoms with Gasteiger partial charge >= 0.3 is 0 Å². The Hall–Kier alpha value is -1.92. The second-order valence-corrected chi connectivity index (χ2v) is 8.59. The van der Waals surface area contributed by atoms with Crippen molar-refractivity contribution in [2.24, 2.45) is 5.73 Å². The fourth-order valence-corrected chi connectivity index (χ4v) is 4.45. The van der Waals surface area contributed by atoms with E-state index in [0.717, 1.165) is 16.5 Å². The van der Waals surface area contributed by atoms with E-state index in [-0.39, 0.29) is 23.3 Å². The first kappa shape index (κ1) is 18.9. The average molecular weight is 374 g/mol. The zero-order chi connectivity index (χ0) is 19.1. The summed E-state index contributed by atoms with van der Waals surface area (Å²) in [5, 5.41) is 5.49. The molecule has 0 aliphatic carbocycles. The Kier molecular flexibility index (Phi) is 5.08. The van der Waals surface area contributed by atoms with E-state index >= 15 is 0 Å². The number of carbonyl (C=O) groups excluding carboxylic acids is 2. The summed E-state index contributed by atoms with van der Waals surface area (Å²) in [6.07, 6.45) is 1.55. The monoisotopic (exact) mass is 373 g/mol. The van der Waals surface area contributed by atoms with Gasteiger partial charge in [0.2, 0.25) is 5.91 Å². The molecule has 1 aliphatic rings. The third kappa shape index (κ3) is 3.23. The lowest BCUT2D eigenvalue weighted by Gasteiger charge is -2.24. The number of hydrogen-bond acceptors (Lipinski definition) is 4. The molecule has 0 radical (unpaired) electrons. The number of nitrogens with zero attached hydrogens (tertiary/aromatic N) is 1. The number of benzene rings is 1. The van der Waals surface area contributed by atoms with Crippen LogP contribution in [0.5, 0.6) is 0 Å². The molecule has 1 fully saturated rings. The van der Waals surface area contributed by atoms with Crippen molar-refractivity contribution in [1.82, 2.24) is 10.2 Å². The second kappa shape index (κ2) is 7.00. The first-order valence-corrected chi connectivity index (χ1v) is 9.96. The fraction of sp³-hybridized carbons (Fsp3) is 0.500. The predicted molar refractivity (Wildman–Crippen MR) is 107 cm³/mol. The van der Waals surface area contributed by atoms with Crippen LogP contribution in [0.25, 0.3) is 10.1 Å². The minimum atomic E-state index is -0.490. The summed E-state index contributed by atoms with van der Waals surface area (Å²) < 4.78 is 1.10. The zero-order valence-electron chi connectivity index (χ0n) is 15.8. The van der Waals surface area contributed by atoms with E-state index in [1.807, 2.05) is 11.4 Å². The lowest BCUT2D eigenvalue weighted by molar-refractivity contribution is -0.124. The van der Waals surface area contributed by atoms with E-state index in [9.17, 15) is 9.59 Å². The summed E-state index contributed by atoms with van der Waals surface area (Å²) in [6, 6.07) is 5.68. The molecule has 0 unspecified atom stereocenters. The van der Waals surface area contributed by atoms with Crippen molar-refractivity contribution >= 4 is 33.2 Å². The average Bonchev–Trinajstić information content (AvgIpc) is 3.23. The number of amides is 2. The first-order valence-electron chi connectivity index (χ1n) is 9.08. The number of likely N-dealkylation sites (tertiary alicyclic amines) is 1. The van der Waals surface area contributed by atoms with E-state index in [4.69, 9.17) is 5.73 Å². The van der Waals surface area contributed by atoms with Gasteiger partial charge in [0.05, 0.1) is 5.56 Å². The molecule has 1 aromatic carbocycles. The number of thiophene rings is 1. The summed E-state index contributed by atoms with van der Waals surface area (Å²) >= 11 is 1.58. The number of fused-ring (bicyclic) bond motifs is 1. The summed E-state index contributed by atoms with van der Waals surface area (Å²) in [5.41, 5.74) is 8.07. The van der Waals surface area contributed by atoms with Crippen LogP contribution in [0.15, 0.2) is 23.6 Å². The molecule has 5 nitrogen and oxygen atoms in total. The molecule has 3 rings (SSSR count). The van der Waals surface area contributed by atoms with Gasteiger partial charge in [0.1, 0.15) is 6.04 Å². The molecule has 140 valence electrons. The molecule has 3 N–H and O–H groups in total. The highest BCUT2D eigenvalue weighted by atomic mass is 32.1. The predicted octanol–water partition coefficient (Wildman–Crippen LogP) is 2.88. The maximum Gasteiger partial charge on any atom is 0.256 e. The largest absolute Gasteiger partial charge is 0.357 e. The van der Waals surface area contributed by atoms with Gasteiger partial charge in [-0.25, -0.2) is 0 Å². The summed E-state index contributed by atoms with van der Waals surface area (Å²) in [5.74, 6) is -0.266. The van der Waals surface area contributed by atoms with Crippen LogP contribution in [-0.4, -0.2) is 42.4 Å². The molecule has 0 spiro atoms. The zero-order valence-corrected chi connectivity index (χ0v) is 16.7. The van der Waals surface area contributed by atoms with Gasteiger partial charge in [-0.15, -0.1) is 11.3 Å². The molecule has 0 bridgehead atoms. The highest BCUT2D eigenvalue weighted by Gasteiger charge is 2.38. The van der Waals surface area contributed by atoms with Crippen molar-refractivity contribution in [2.45, 2.75) is 51.1 Å². The smallest absolute Gasteiger partial charge is 0.256 e. The van der Waals surface area contributed by atoms with Crippen LogP contribution in [0, 0.1) is 0 Å². The number of rotatable bonds is 4. The van der Waals surface area contributed by atoms with Crippen molar-refractivity contribution in [1.29, 1.82) is 0 Å². The standard InChI is InChI=1S/C20H27N3O2S/c1-5-20(2,3)12-6-7-14-15(11-26-17(14)8-12)19(25)23-10-13(21)9-16(23)18(24)22-4/h6-8,11,13,16H,5,9-10,21H2,1-4H3,(H,22,24)/t13-,16+/m1/s1. The summed E-state index contributed by atoms with van der Waals surface area (Å²) in [7, 11) is 1.59. The van der Waals surface area contributed by atoms with E-state index in [1.165, 1.54) is 5.56 Å². The van der Waals surface area contributed by atoms with Crippen molar-refractivity contribution in [3.63, 3.8) is 0 Å². The molecule has 6 heteroatoms. The fourth-order valence-electron chi connectivity index (χ4n) is 3.48. The van der Waals surface area contributed by atoms with E-state index in [1.54, 1.807) is 23.3 Å². The molecule has 0 saturated carbocycles. The van der Waals surface area contributed by atoms with Crippen molar-refractivity contribution < 1.29 is 9.59 Å². The molecule has 1 aromatic heterocycles. The van der Waals surface area contributed by atoms with Crippen molar-refractivity contribution in [3.8, 4) is 0 Å². The lowest BCUT2D eigenvalue weighted by Crippen LogP contribution is -2.44. The normalized spacial score (nSPS) is 20.6. The lowest BCUT2D eigenvalue weighted by atomic mass is 9.82. The Morgan fingerprint density at radius 2 is 2.12 bits per heavy atom. The van der Waals surface area contributed by atoms with Gasteiger partial charge in [0.25, 0.3) is 5.91 Å². The molecule has 2 heterocycles. The van der Waals surface area contributed by atoms with Gasteiger partial charge < -0.3 is 16.0 Å². The second-order valence-electron chi connectivity index (χ2n) is 7.68. The maximum absolute atomic E-state index is 13.1. The molecule has 2 amide bonds. The van der Waals surface area contributed by atoms with Crippen LogP contribution in [0.3, 0.4) is 0 Å². The van der Waals surface area contributed by atoms with Gasteiger partial charge in [-0.2, -0.15) is 0 Å². The van der Waals surface area contributed by atoms with Gasteiger partial charge in [0, 0.05) is 35.1 Å². The molecule has 1 saturated heterocycles. The van der Waals surface area contributed by atoms with Crippen LogP contribution >= 0.6 is 11.3 Å². The highest BCUT2D eigenvalue weighted by molar-refractivity contribution is 7.17. The Morgan fingerprint density at radius 3 is 2.77 bits per heavy atom. The molecule has 1 aliphatic heterocycles. The molecule has 2 atom stereocenters. The summed E-state index contributed by atoms with van der Waals surface area (Å²) in [6.45, 7) is 7.05. The summed E-state index contributed by atoms with van der Waals surface area (Å²) in [4.78, 5) is 26.9. The Bertz CT molecular complexity index is 843. The Balaban J connectivity index is 1.95. The quantitative estimate of drug-likeness (QED) is 0.865. The molecule has 26 heavy (non-hydrogen) atoms. The van der Waals surface area contributed by atoms with Crippen LogP contribution in [0.2, 0.25) is 0 Å². The molecular formula is C20H27N3O2S. The van der Waals surface area contributed by atoms with Gasteiger partial charge in [-0.3, -0.25) is 9.59 Å². The maximum atomic E-state index is 13.1. The van der Waals surface area contributed by atoms with Gasteiger partial charge in [-0.05, 0) is 29.9 Å². The molecular weight excluding hydrogens is 346 g/mol. The number of carbonyl (C=O) groups is 2. The van der Waals surface area contributed by atoms with Crippen LogP contribution in [0.1, 0.15) is 49.5 Å². The van der Waals surface area contributed by atoms with Crippen LogP contribution in [0.4, 0.5) is 0 Å². The first-order chi connectivity index (χ1) is 12.3. The number of hydrogen-bond donors (Lipinski definition) is 2. The molecule has 2 aromatic rings. The third-order valence-corrected chi connectivity index (χ3v) is 6.56. The van der Waals surface area contributed by atoms with E-state index in [2.05, 4.69) is 38.2 Å². The van der Waals surface area contributed by atoms with Gasteiger partial charge in [0.15, 0.2) is 0 Å². The van der Waals surface area contributed by atoms with Crippen LogP contribution < -0.4 is 11.1 Å². The van der Waals surface area contributed by atoms with E-state index < -0.39 is 6.04 Å². The SMILES string of the molecule is CCC(C)(C)c1ccc2c(C(=O)N3C[C@H](N)C[C@H]3C(=O)NC)csc2c1. The minimum absolute atomic E-state index is 0.106. The minimum Gasteiger partial charge on any atom is -0.357 e. The third-order valence-electron chi connectivity index (χ3n) is 5.61. The Morgan fingerprint density at radius 1 is 1.38 bits per heavy atom. The van der Waals surface area contributed by atoms with E-state index in [0.29, 0.717) is 18.5 Å². The topological polar surface area (TPSA) is 75.4 Å². The Labute approximate surface area is 158 Å². The highest BCUT2D eigenvalue weighted by Crippen LogP contribution is 2.34. The number of likely N-dealkylation sites (N-methyl/N-ethyl adjacent to an activating group) is 1. The van der Waals surface area contributed by atoms with Crippen molar-refractivity contribution in [2.75, 3.05) is 13.6 Å². The number of nitrogens with two attached hydrogens (primary N) is 1. The van der Waals surface area contributed by atoms with Crippen molar-refractivity contribution in [3.05, 3.63) is 34.7 Å². The van der Waals surface area contributed by atoms with Gasteiger partial charge in [-0.1, -0.05) is 32.9 Å². The van der Waals surface area contributed by atoms with Crippen LogP contribution in [-0.2, 0) is 10.2 Å². The number of nitrogens with one attached hydrogen (secondary N) is 1.